The summed E-state index contributed by atoms with van der Waals surface area (Å²) in [6, 6.07) is 11.9. The van der Waals surface area contributed by atoms with Crippen molar-refractivity contribution in [2.24, 2.45) is 0 Å². The molecule has 0 aliphatic carbocycles. The van der Waals surface area contributed by atoms with Gasteiger partial charge in [-0.05, 0) is 37.6 Å². The van der Waals surface area contributed by atoms with E-state index in [1.165, 1.54) is 19.1 Å². The molecule has 2 atom stereocenters. The second kappa shape index (κ2) is 6.81. The van der Waals surface area contributed by atoms with Gasteiger partial charge in [0.05, 0.1) is 6.57 Å². The first kappa shape index (κ1) is 18.0. The van der Waals surface area contributed by atoms with Crippen molar-refractivity contribution in [3.05, 3.63) is 70.0 Å². The van der Waals surface area contributed by atoms with Crippen LogP contribution in [-0.4, -0.2) is 24.0 Å². The predicted octanol–water partition coefficient (Wildman–Crippen LogP) is 4.25. The summed E-state index contributed by atoms with van der Waals surface area (Å²) in [7, 11) is 0. The molecule has 0 N–H and O–H groups in total. The first-order chi connectivity index (χ1) is 12.3. The molecule has 2 unspecified atom stereocenters. The zero-order valence-electron chi connectivity index (χ0n) is 14.3. The maximum atomic E-state index is 12.8. The molecule has 2 aromatic carbocycles. The number of aryl methyl sites for hydroxylation is 1. The minimum absolute atomic E-state index is 0.0784. The molecule has 1 heterocycles. The van der Waals surface area contributed by atoms with Crippen LogP contribution in [0.4, 0.5) is 5.69 Å². The average Bonchev–Trinajstić information content (AvgIpc) is 2.83. The molecule has 2 aromatic rings. The highest BCUT2D eigenvalue weighted by atomic mass is 35.5. The van der Waals surface area contributed by atoms with Gasteiger partial charge in [-0.15, -0.1) is 0 Å². The van der Waals surface area contributed by atoms with Gasteiger partial charge >= 0.3 is 5.97 Å². The molecule has 0 saturated carbocycles. The largest absolute Gasteiger partial charge is 0.489 e. The van der Waals surface area contributed by atoms with E-state index in [1.807, 2.05) is 19.1 Å². The molecule has 26 heavy (non-hydrogen) atoms. The van der Waals surface area contributed by atoms with E-state index in [0.29, 0.717) is 11.3 Å². The van der Waals surface area contributed by atoms with E-state index in [2.05, 4.69) is 4.85 Å². The molecule has 0 amide bonds. The second-order valence-corrected chi connectivity index (χ2v) is 6.78. The summed E-state index contributed by atoms with van der Waals surface area (Å²) in [5, 5.41) is 0.197. The third-order valence-corrected chi connectivity index (χ3v) is 4.61. The van der Waals surface area contributed by atoms with Crippen molar-refractivity contribution < 1.29 is 19.1 Å². The fourth-order valence-electron chi connectivity index (χ4n) is 2.78. The summed E-state index contributed by atoms with van der Waals surface area (Å²) in [6.45, 7) is 10.4. The van der Waals surface area contributed by atoms with Crippen molar-refractivity contribution in [1.82, 2.24) is 0 Å². The summed E-state index contributed by atoms with van der Waals surface area (Å²) in [6.07, 6.45) is 0. The molecule has 1 saturated heterocycles. The highest BCUT2D eigenvalue weighted by Crippen LogP contribution is 2.37. The standard InChI is InChI=1S/C20H16ClNO4/c1-12-4-7-14(8-5-12)25-11-20(2)18(23)17(19(24)26-20)13-6-9-16(22-3)15(21)10-13/h4-10,17H,11H2,1-2H3. The van der Waals surface area contributed by atoms with Crippen LogP contribution in [0.15, 0.2) is 42.5 Å². The molecule has 6 heteroatoms. The van der Waals surface area contributed by atoms with E-state index < -0.39 is 17.5 Å². The van der Waals surface area contributed by atoms with Crippen LogP contribution >= 0.6 is 11.6 Å². The zero-order valence-corrected chi connectivity index (χ0v) is 15.0. The summed E-state index contributed by atoms with van der Waals surface area (Å²) in [5.74, 6) is -1.51. The Bertz CT molecular complexity index is 916. The van der Waals surface area contributed by atoms with Gasteiger partial charge in [-0.2, -0.15) is 0 Å². The quantitative estimate of drug-likeness (QED) is 0.459. The lowest BCUT2D eigenvalue weighted by Crippen LogP contribution is -2.40. The minimum Gasteiger partial charge on any atom is -0.489 e. The highest BCUT2D eigenvalue weighted by molar-refractivity contribution is 6.33. The van der Waals surface area contributed by atoms with Crippen molar-refractivity contribution in [3.63, 3.8) is 0 Å². The van der Waals surface area contributed by atoms with Gasteiger partial charge < -0.3 is 9.47 Å². The van der Waals surface area contributed by atoms with Gasteiger partial charge in [-0.3, -0.25) is 9.59 Å². The molecule has 0 bridgehead atoms. The minimum atomic E-state index is -1.38. The molecular formula is C20H16ClNO4. The van der Waals surface area contributed by atoms with Crippen LogP contribution in [0.2, 0.25) is 5.02 Å². The van der Waals surface area contributed by atoms with Crippen molar-refractivity contribution in [1.29, 1.82) is 0 Å². The fraction of sp³-hybridized carbons (Fsp3) is 0.250. The number of hydrogen-bond acceptors (Lipinski definition) is 4. The van der Waals surface area contributed by atoms with E-state index in [4.69, 9.17) is 27.6 Å². The lowest BCUT2D eigenvalue weighted by molar-refractivity contribution is -0.153. The molecule has 0 spiro atoms. The smallest absolute Gasteiger partial charge is 0.322 e. The molecule has 0 radical (unpaired) electrons. The number of esters is 1. The van der Waals surface area contributed by atoms with Gasteiger partial charge in [-0.25, -0.2) is 4.85 Å². The number of benzene rings is 2. The zero-order chi connectivity index (χ0) is 18.9. The molecular weight excluding hydrogens is 354 g/mol. The van der Waals surface area contributed by atoms with E-state index in [1.54, 1.807) is 18.2 Å². The number of carbonyl (C=O) groups excluding carboxylic acids is 2. The third kappa shape index (κ3) is 3.29. The van der Waals surface area contributed by atoms with E-state index in [-0.39, 0.29) is 23.1 Å². The summed E-state index contributed by atoms with van der Waals surface area (Å²) in [5.41, 5.74) is 0.389. The molecule has 1 fully saturated rings. The number of rotatable bonds is 4. The molecule has 132 valence electrons. The van der Waals surface area contributed by atoms with Crippen molar-refractivity contribution in [2.75, 3.05) is 6.61 Å². The number of hydrogen-bond donors (Lipinski definition) is 0. The van der Waals surface area contributed by atoms with Crippen LogP contribution in [0.5, 0.6) is 5.75 Å². The Hall–Kier alpha value is -2.84. The summed E-state index contributed by atoms with van der Waals surface area (Å²) >= 11 is 6.03. The van der Waals surface area contributed by atoms with E-state index in [9.17, 15) is 9.59 Å². The summed E-state index contributed by atoms with van der Waals surface area (Å²) < 4.78 is 11.0. The van der Waals surface area contributed by atoms with Crippen LogP contribution in [0, 0.1) is 13.5 Å². The molecule has 0 aromatic heterocycles. The van der Waals surface area contributed by atoms with Gasteiger partial charge in [-0.1, -0.05) is 41.4 Å². The van der Waals surface area contributed by atoms with Crippen LogP contribution in [0.3, 0.4) is 0 Å². The Labute approximate surface area is 156 Å². The SMILES string of the molecule is [C-]#[N+]c1ccc(C2C(=O)OC(C)(COc3ccc(C)cc3)C2=O)cc1Cl. The Morgan fingerprint density at radius 3 is 2.54 bits per heavy atom. The Balaban J connectivity index is 1.80. The second-order valence-electron chi connectivity index (χ2n) is 6.37. The van der Waals surface area contributed by atoms with Crippen molar-refractivity contribution in [2.45, 2.75) is 25.4 Å². The van der Waals surface area contributed by atoms with E-state index in [0.717, 1.165) is 5.56 Å². The van der Waals surface area contributed by atoms with E-state index >= 15 is 0 Å². The molecule has 3 rings (SSSR count). The number of cyclic esters (lactones) is 1. The highest BCUT2D eigenvalue weighted by Gasteiger charge is 2.53. The van der Waals surface area contributed by atoms with Gasteiger partial charge in [0.25, 0.3) is 0 Å². The maximum absolute atomic E-state index is 12.8. The number of ketones is 1. The third-order valence-electron chi connectivity index (χ3n) is 4.31. The van der Waals surface area contributed by atoms with Gasteiger partial charge in [0, 0.05) is 5.02 Å². The van der Waals surface area contributed by atoms with Crippen molar-refractivity contribution in [3.8, 4) is 5.75 Å². The fourth-order valence-corrected chi connectivity index (χ4v) is 3.01. The number of nitrogens with zero attached hydrogens (tertiary/aromatic N) is 1. The van der Waals surface area contributed by atoms with Gasteiger partial charge in [0.2, 0.25) is 11.3 Å². The Kier molecular flexibility index (Phi) is 4.71. The predicted molar refractivity (Wildman–Crippen MR) is 96.6 cm³/mol. The molecule has 1 aliphatic heterocycles. The number of ether oxygens (including phenoxy) is 2. The van der Waals surface area contributed by atoms with Crippen LogP contribution in [-0.2, 0) is 14.3 Å². The van der Waals surface area contributed by atoms with Crippen molar-refractivity contribution >= 4 is 29.0 Å². The lowest BCUT2D eigenvalue weighted by Gasteiger charge is -2.21. The van der Waals surface area contributed by atoms with Crippen LogP contribution < -0.4 is 4.74 Å². The number of Topliss-reactive ketones (excluding diaryl/α,β-unsaturated/α-hetero) is 1. The molecule has 1 aliphatic rings. The van der Waals surface area contributed by atoms with Gasteiger partial charge in [0.15, 0.2) is 5.78 Å². The van der Waals surface area contributed by atoms with Crippen LogP contribution in [0.1, 0.15) is 24.0 Å². The lowest BCUT2D eigenvalue weighted by atomic mass is 9.89. The first-order valence-corrected chi connectivity index (χ1v) is 8.35. The Morgan fingerprint density at radius 2 is 1.92 bits per heavy atom. The monoisotopic (exact) mass is 369 g/mol. The number of carbonyl (C=O) groups is 2. The Morgan fingerprint density at radius 1 is 1.23 bits per heavy atom. The molecule has 5 nitrogen and oxygen atoms in total. The average molecular weight is 370 g/mol. The number of halogens is 1. The topological polar surface area (TPSA) is 57.0 Å². The van der Waals surface area contributed by atoms with Crippen LogP contribution in [0.25, 0.3) is 4.85 Å². The van der Waals surface area contributed by atoms with Gasteiger partial charge in [0.1, 0.15) is 18.3 Å². The normalized spacial score (nSPS) is 22.0. The first-order valence-electron chi connectivity index (χ1n) is 7.97. The summed E-state index contributed by atoms with van der Waals surface area (Å²) in [4.78, 5) is 28.4. The maximum Gasteiger partial charge on any atom is 0.322 e.